The lowest BCUT2D eigenvalue weighted by molar-refractivity contribution is 0.308. The van der Waals surface area contributed by atoms with Gasteiger partial charge in [-0.05, 0) is 37.2 Å². The molecule has 1 aromatic carbocycles. The Bertz CT molecular complexity index is 413. The van der Waals surface area contributed by atoms with Gasteiger partial charge in [0.1, 0.15) is 0 Å². The van der Waals surface area contributed by atoms with Gasteiger partial charge in [0.15, 0.2) is 5.96 Å². The predicted octanol–water partition coefficient (Wildman–Crippen LogP) is 2.39. The fourth-order valence-corrected chi connectivity index (χ4v) is 2.20. The van der Waals surface area contributed by atoms with Gasteiger partial charge in [-0.25, -0.2) is 0 Å². The fourth-order valence-electron chi connectivity index (χ4n) is 2.07. The molecule has 118 valence electrons. The molecule has 0 saturated carbocycles. The number of halogens is 1. The molecule has 5 heteroatoms. The Kier molecular flexibility index (Phi) is 8.87. The van der Waals surface area contributed by atoms with Crippen LogP contribution < -0.4 is 10.6 Å². The summed E-state index contributed by atoms with van der Waals surface area (Å²) in [6.45, 7) is 9.33. The van der Waals surface area contributed by atoms with Gasteiger partial charge in [0.05, 0.1) is 0 Å². The van der Waals surface area contributed by atoms with Gasteiger partial charge in [0, 0.05) is 31.7 Å². The standard InChI is InChI=1S/C16H27ClN4/c1-4-21(5-2)13-12-20-16(18-3)19-11-10-14-6-8-15(17)9-7-14/h6-9H,4-5,10-13H2,1-3H3,(H2,18,19,20). The molecule has 2 N–H and O–H groups in total. The first-order valence-corrected chi connectivity index (χ1v) is 7.98. The Morgan fingerprint density at radius 3 is 2.29 bits per heavy atom. The Balaban J connectivity index is 2.23. The second kappa shape index (κ2) is 10.5. The highest BCUT2D eigenvalue weighted by Crippen LogP contribution is 2.09. The second-order valence-corrected chi connectivity index (χ2v) is 5.27. The van der Waals surface area contributed by atoms with E-state index in [0.29, 0.717) is 0 Å². The maximum absolute atomic E-state index is 5.88. The van der Waals surface area contributed by atoms with Crippen molar-refractivity contribution < 1.29 is 0 Å². The molecule has 0 amide bonds. The number of rotatable bonds is 8. The van der Waals surface area contributed by atoms with E-state index in [4.69, 9.17) is 11.6 Å². The van der Waals surface area contributed by atoms with Crippen LogP contribution in [0.25, 0.3) is 0 Å². The molecule has 0 fully saturated rings. The summed E-state index contributed by atoms with van der Waals surface area (Å²) in [7, 11) is 1.80. The number of aliphatic imine (C=N–C) groups is 1. The van der Waals surface area contributed by atoms with Crippen molar-refractivity contribution in [3.05, 3.63) is 34.9 Å². The Hall–Kier alpha value is -1.26. The molecule has 0 atom stereocenters. The third-order valence-corrected chi connectivity index (χ3v) is 3.71. The summed E-state index contributed by atoms with van der Waals surface area (Å²) in [6.07, 6.45) is 0.952. The first-order valence-electron chi connectivity index (χ1n) is 7.60. The van der Waals surface area contributed by atoms with Crippen LogP contribution in [0, 0.1) is 0 Å². The van der Waals surface area contributed by atoms with E-state index in [-0.39, 0.29) is 0 Å². The monoisotopic (exact) mass is 310 g/mol. The highest BCUT2D eigenvalue weighted by Gasteiger charge is 2.01. The molecule has 0 unspecified atom stereocenters. The van der Waals surface area contributed by atoms with Crippen LogP contribution in [0.5, 0.6) is 0 Å². The number of benzene rings is 1. The lowest BCUT2D eigenvalue weighted by Crippen LogP contribution is -2.42. The molecule has 0 bridgehead atoms. The number of hydrogen-bond acceptors (Lipinski definition) is 2. The molecule has 0 aliphatic heterocycles. The molecule has 0 aliphatic rings. The van der Waals surface area contributed by atoms with Gasteiger partial charge in [-0.1, -0.05) is 37.6 Å². The van der Waals surface area contributed by atoms with Gasteiger partial charge in [0.25, 0.3) is 0 Å². The summed E-state index contributed by atoms with van der Waals surface area (Å²) >= 11 is 5.88. The minimum absolute atomic E-state index is 0.778. The summed E-state index contributed by atoms with van der Waals surface area (Å²) in [5.41, 5.74) is 1.27. The van der Waals surface area contributed by atoms with E-state index in [1.807, 2.05) is 12.1 Å². The van der Waals surface area contributed by atoms with E-state index in [0.717, 1.165) is 50.1 Å². The van der Waals surface area contributed by atoms with Gasteiger partial charge in [-0.15, -0.1) is 0 Å². The third kappa shape index (κ3) is 7.34. The van der Waals surface area contributed by atoms with Crippen LogP contribution in [0.3, 0.4) is 0 Å². The SMILES string of the molecule is CCN(CC)CCNC(=NC)NCCc1ccc(Cl)cc1. The number of guanidine groups is 1. The van der Waals surface area contributed by atoms with Crippen molar-refractivity contribution in [2.75, 3.05) is 39.8 Å². The molecule has 0 aromatic heterocycles. The maximum Gasteiger partial charge on any atom is 0.191 e. The van der Waals surface area contributed by atoms with E-state index in [1.54, 1.807) is 7.05 Å². The van der Waals surface area contributed by atoms with Crippen molar-refractivity contribution in [2.45, 2.75) is 20.3 Å². The van der Waals surface area contributed by atoms with Crippen molar-refractivity contribution in [3.63, 3.8) is 0 Å². The number of likely N-dealkylation sites (N-methyl/N-ethyl adjacent to an activating group) is 1. The average Bonchev–Trinajstić information content (AvgIpc) is 2.51. The highest BCUT2D eigenvalue weighted by molar-refractivity contribution is 6.30. The second-order valence-electron chi connectivity index (χ2n) is 4.83. The van der Waals surface area contributed by atoms with Crippen LogP contribution in [0.4, 0.5) is 0 Å². The van der Waals surface area contributed by atoms with Gasteiger partial charge < -0.3 is 15.5 Å². The molecule has 4 nitrogen and oxygen atoms in total. The zero-order valence-corrected chi connectivity index (χ0v) is 14.1. The van der Waals surface area contributed by atoms with Crippen LogP contribution in [0.1, 0.15) is 19.4 Å². The minimum atomic E-state index is 0.778. The van der Waals surface area contributed by atoms with Crippen LogP contribution in [0.2, 0.25) is 5.02 Å². The van der Waals surface area contributed by atoms with Gasteiger partial charge in [-0.2, -0.15) is 0 Å². The molecule has 21 heavy (non-hydrogen) atoms. The Morgan fingerprint density at radius 1 is 1.10 bits per heavy atom. The average molecular weight is 311 g/mol. The van der Waals surface area contributed by atoms with Crippen LogP contribution >= 0.6 is 11.6 Å². The summed E-state index contributed by atoms with van der Waals surface area (Å²) < 4.78 is 0. The lowest BCUT2D eigenvalue weighted by atomic mass is 10.1. The molecular formula is C16H27ClN4. The van der Waals surface area contributed by atoms with Gasteiger partial charge in [0.2, 0.25) is 0 Å². The van der Waals surface area contributed by atoms with Crippen molar-refractivity contribution in [2.24, 2.45) is 4.99 Å². The van der Waals surface area contributed by atoms with Crippen molar-refractivity contribution >= 4 is 17.6 Å². The number of nitrogens with one attached hydrogen (secondary N) is 2. The summed E-state index contributed by atoms with van der Waals surface area (Å²) in [5.74, 6) is 0.858. The normalized spacial score (nSPS) is 11.8. The summed E-state index contributed by atoms with van der Waals surface area (Å²) in [6, 6.07) is 7.96. The van der Waals surface area contributed by atoms with Gasteiger partial charge in [-0.3, -0.25) is 4.99 Å². The van der Waals surface area contributed by atoms with E-state index in [9.17, 15) is 0 Å². The fraction of sp³-hybridized carbons (Fsp3) is 0.562. The van der Waals surface area contributed by atoms with Crippen LogP contribution in [0.15, 0.2) is 29.3 Å². The highest BCUT2D eigenvalue weighted by atomic mass is 35.5. The molecule has 0 saturated heterocycles. The largest absolute Gasteiger partial charge is 0.356 e. The van der Waals surface area contributed by atoms with Crippen molar-refractivity contribution in [1.29, 1.82) is 0 Å². The molecule has 0 aliphatic carbocycles. The van der Waals surface area contributed by atoms with Crippen LogP contribution in [-0.2, 0) is 6.42 Å². The molecule has 0 heterocycles. The summed E-state index contributed by atoms with van der Waals surface area (Å²) in [5, 5.41) is 7.45. The van der Waals surface area contributed by atoms with E-state index in [2.05, 4.69) is 46.5 Å². The molecular weight excluding hydrogens is 284 g/mol. The van der Waals surface area contributed by atoms with Gasteiger partial charge >= 0.3 is 0 Å². The molecule has 0 spiro atoms. The lowest BCUT2D eigenvalue weighted by Gasteiger charge is -2.19. The number of hydrogen-bond donors (Lipinski definition) is 2. The van der Waals surface area contributed by atoms with Crippen LogP contribution in [-0.4, -0.2) is 50.6 Å². The van der Waals surface area contributed by atoms with E-state index < -0.39 is 0 Å². The zero-order valence-electron chi connectivity index (χ0n) is 13.3. The number of nitrogens with zero attached hydrogens (tertiary/aromatic N) is 2. The first-order chi connectivity index (χ1) is 10.2. The predicted molar refractivity (Wildman–Crippen MR) is 92.3 cm³/mol. The minimum Gasteiger partial charge on any atom is -0.356 e. The topological polar surface area (TPSA) is 39.7 Å². The Morgan fingerprint density at radius 2 is 1.71 bits per heavy atom. The smallest absolute Gasteiger partial charge is 0.191 e. The summed E-state index contributed by atoms with van der Waals surface area (Å²) in [4.78, 5) is 6.62. The quantitative estimate of drug-likeness (QED) is 0.572. The van der Waals surface area contributed by atoms with Crippen molar-refractivity contribution in [3.8, 4) is 0 Å². The third-order valence-electron chi connectivity index (χ3n) is 3.46. The maximum atomic E-state index is 5.88. The van der Waals surface area contributed by atoms with E-state index >= 15 is 0 Å². The molecule has 1 rings (SSSR count). The van der Waals surface area contributed by atoms with Crippen molar-refractivity contribution in [1.82, 2.24) is 15.5 Å². The first kappa shape index (κ1) is 17.8. The molecule has 0 radical (unpaired) electrons. The van der Waals surface area contributed by atoms with E-state index in [1.165, 1.54) is 5.56 Å². The Labute approximate surface area is 133 Å². The zero-order chi connectivity index (χ0) is 15.5. The molecule has 1 aromatic rings.